The first-order valence-corrected chi connectivity index (χ1v) is 5.63. The van der Waals surface area contributed by atoms with Gasteiger partial charge in [-0.3, -0.25) is 4.57 Å². The Kier molecular flexibility index (Phi) is 3.16. The molecule has 0 unspecified atom stereocenters. The molecule has 0 bridgehead atoms. The lowest BCUT2D eigenvalue weighted by Crippen LogP contribution is -1.95. The van der Waals surface area contributed by atoms with Gasteiger partial charge in [-0.1, -0.05) is 36.9 Å². The number of para-hydroxylation sites is 2. The summed E-state index contributed by atoms with van der Waals surface area (Å²) in [7, 11) is 0. The fourth-order valence-electron chi connectivity index (χ4n) is 1.77. The second-order valence-electron chi connectivity index (χ2n) is 3.75. The van der Waals surface area contributed by atoms with Crippen molar-refractivity contribution in [2.24, 2.45) is 0 Å². The second-order valence-corrected chi connectivity index (χ2v) is 4.24. The summed E-state index contributed by atoms with van der Waals surface area (Å²) in [6.45, 7) is 9.58. The Morgan fingerprint density at radius 3 is 2.71 bits per heavy atom. The van der Waals surface area contributed by atoms with Crippen molar-refractivity contribution in [1.82, 2.24) is 9.55 Å². The molecular weight excluding hydrogens is 232 g/mol. The molecule has 0 N–H and O–H groups in total. The third-order valence-electron chi connectivity index (χ3n) is 2.47. The van der Waals surface area contributed by atoms with Crippen LogP contribution in [0.1, 0.15) is 5.82 Å². The van der Waals surface area contributed by atoms with Crippen molar-refractivity contribution in [3.05, 3.63) is 60.4 Å². The highest BCUT2D eigenvalue weighted by molar-refractivity contribution is 6.30. The molecule has 1 aromatic heterocycles. The lowest BCUT2D eigenvalue weighted by atomic mass is 10.3. The molecule has 0 spiro atoms. The first-order chi connectivity index (χ1) is 8.09. The molecule has 0 radical (unpaired) electrons. The molecule has 1 heterocycles. The number of hydrogen-bond acceptors (Lipinski definition) is 1. The van der Waals surface area contributed by atoms with Crippen LogP contribution in [0.3, 0.4) is 0 Å². The average molecular weight is 245 g/mol. The predicted molar refractivity (Wildman–Crippen MR) is 73.9 cm³/mol. The van der Waals surface area contributed by atoms with E-state index in [0.717, 1.165) is 22.6 Å². The van der Waals surface area contributed by atoms with Crippen LogP contribution in [-0.2, 0) is 0 Å². The Bertz CT molecular complexity index is 620. The number of halogens is 1. The van der Waals surface area contributed by atoms with Crippen LogP contribution < -0.4 is 0 Å². The maximum Gasteiger partial charge on any atom is 0.111 e. The van der Waals surface area contributed by atoms with E-state index in [1.54, 1.807) is 6.08 Å². The maximum absolute atomic E-state index is 5.69. The van der Waals surface area contributed by atoms with Gasteiger partial charge >= 0.3 is 0 Å². The summed E-state index contributed by atoms with van der Waals surface area (Å²) in [5.41, 5.74) is 2.82. The van der Waals surface area contributed by atoms with Gasteiger partial charge in [-0.15, -0.1) is 0 Å². The zero-order valence-electron chi connectivity index (χ0n) is 9.65. The standard InChI is InChI=1S/C14H13ClN2/c1-10(15)8-9-11(2)17-12(3)16-13-6-4-5-7-14(13)17/h4-9H,1-2H2,3H3/b9-8-. The minimum Gasteiger partial charge on any atom is -0.297 e. The molecule has 1 aromatic carbocycles. The minimum atomic E-state index is 0.480. The number of hydrogen-bond donors (Lipinski definition) is 0. The Labute approximate surface area is 106 Å². The Hall–Kier alpha value is -1.80. The van der Waals surface area contributed by atoms with Crippen LogP contribution in [0.2, 0.25) is 0 Å². The molecule has 17 heavy (non-hydrogen) atoms. The highest BCUT2D eigenvalue weighted by Gasteiger charge is 2.07. The van der Waals surface area contributed by atoms with Crippen LogP contribution in [0.4, 0.5) is 0 Å². The predicted octanol–water partition coefficient (Wildman–Crippen LogP) is 4.12. The van der Waals surface area contributed by atoms with Gasteiger partial charge in [0.05, 0.1) is 11.0 Å². The summed E-state index contributed by atoms with van der Waals surface area (Å²) >= 11 is 5.69. The first kappa shape index (κ1) is 11.7. The molecule has 0 saturated carbocycles. The third kappa shape index (κ3) is 2.32. The van der Waals surface area contributed by atoms with E-state index in [-0.39, 0.29) is 0 Å². The lowest BCUT2D eigenvalue weighted by Gasteiger charge is -2.05. The molecular formula is C14H13ClN2. The highest BCUT2D eigenvalue weighted by atomic mass is 35.5. The van der Waals surface area contributed by atoms with Crippen LogP contribution in [0.15, 0.2) is 54.6 Å². The first-order valence-electron chi connectivity index (χ1n) is 5.25. The normalized spacial score (nSPS) is 11.2. The summed E-state index contributed by atoms with van der Waals surface area (Å²) in [5.74, 6) is 0.904. The van der Waals surface area contributed by atoms with E-state index in [1.807, 2.05) is 41.8 Å². The summed E-state index contributed by atoms with van der Waals surface area (Å²) in [5, 5.41) is 0.480. The number of fused-ring (bicyclic) bond motifs is 1. The van der Waals surface area contributed by atoms with Crippen LogP contribution in [0.25, 0.3) is 16.7 Å². The Morgan fingerprint density at radius 1 is 1.29 bits per heavy atom. The van der Waals surface area contributed by atoms with E-state index in [0.29, 0.717) is 5.03 Å². The maximum atomic E-state index is 5.69. The third-order valence-corrected chi connectivity index (χ3v) is 2.60. The van der Waals surface area contributed by atoms with Crippen molar-refractivity contribution in [3.8, 4) is 0 Å². The number of rotatable bonds is 3. The molecule has 86 valence electrons. The van der Waals surface area contributed by atoms with E-state index in [9.17, 15) is 0 Å². The SMILES string of the molecule is C=C(Cl)/C=C\C(=C)n1c(C)nc2ccccc21. The van der Waals surface area contributed by atoms with Gasteiger partial charge in [0.15, 0.2) is 0 Å². The zero-order chi connectivity index (χ0) is 12.4. The molecule has 0 aliphatic carbocycles. The van der Waals surface area contributed by atoms with Crippen molar-refractivity contribution in [3.63, 3.8) is 0 Å². The number of nitrogens with zero attached hydrogens (tertiary/aromatic N) is 2. The molecule has 3 heteroatoms. The number of imidazole rings is 1. The summed E-state index contributed by atoms with van der Waals surface area (Å²) < 4.78 is 1.99. The summed E-state index contributed by atoms with van der Waals surface area (Å²) in [4.78, 5) is 4.47. The van der Waals surface area contributed by atoms with Gasteiger partial charge in [0.2, 0.25) is 0 Å². The van der Waals surface area contributed by atoms with Crippen LogP contribution in [0, 0.1) is 6.92 Å². The molecule has 0 atom stereocenters. The van der Waals surface area contributed by atoms with Crippen molar-refractivity contribution < 1.29 is 0 Å². The van der Waals surface area contributed by atoms with Gasteiger partial charge in [0, 0.05) is 10.7 Å². The van der Waals surface area contributed by atoms with Crippen molar-refractivity contribution in [1.29, 1.82) is 0 Å². The van der Waals surface area contributed by atoms with Crippen LogP contribution in [-0.4, -0.2) is 9.55 Å². The van der Waals surface area contributed by atoms with Gasteiger partial charge in [0.25, 0.3) is 0 Å². The van der Waals surface area contributed by atoms with Gasteiger partial charge in [-0.2, -0.15) is 0 Å². The largest absolute Gasteiger partial charge is 0.297 e. The van der Waals surface area contributed by atoms with Crippen molar-refractivity contribution in [2.75, 3.05) is 0 Å². The number of allylic oxidation sites excluding steroid dienone is 4. The molecule has 2 rings (SSSR count). The summed E-state index contributed by atoms with van der Waals surface area (Å²) in [6.07, 6.45) is 3.55. The van der Waals surface area contributed by atoms with Crippen LogP contribution in [0.5, 0.6) is 0 Å². The molecule has 0 aliphatic rings. The number of aromatic nitrogens is 2. The van der Waals surface area contributed by atoms with Crippen molar-refractivity contribution >= 4 is 28.3 Å². The topological polar surface area (TPSA) is 17.8 Å². The average Bonchev–Trinajstić information content (AvgIpc) is 2.61. The monoisotopic (exact) mass is 244 g/mol. The highest BCUT2D eigenvalue weighted by Crippen LogP contribution is 2.20. The second kappa shape index (κ2) is 4.60. The Morgan fingerprint density at radius 2 is 2.00 bits per heavy atom. The minimum absolute atomic E-state index is 0.480. The molecule has 0 saturated heterocycles. The summed E-state index contributed by atoms with van der Waals surface area (Å²) in [6, 6.07) is 7.95. The Balaban J connectivity index is 2.51. The molecule has 0 amide bonds. The fourth-order valence-corrected chi connectivity index (χ4v) is 1.83. The van der Waals surface area contributed by atoms with E-state index in [1.165, 1.54) is 0 Å². The molecule has 2 nitrogen and oxygen atoms in total. The number of benzene rings is 1. The van der Waals surface area contributed by atoms with Crippen molar-refractivity contribution in [2.45, 2.75) is 6.92 Å². The lowest BCUT2D eigenvalue weighted by molar-refractivity contribution is 1.03. The van der Waals surface area contributed by atoms with E-state index in [4.69, 9.17) is 11.6 Å². The molecule has 0 aliphatic heterocycles. The van der Waals surface area contributed by atoms with Gasteiger partial charge in [0.1, 0.15) is 5.82 Å². The van der Waals surface area contributed by atoms with Gasteiger partial charge in [-0.25, -0.2) is 4.98 Å². The number of aryl methyl sites for hydroxylation is 1. The van der Waals surface area contributed by atoms with Gasteiger partial charge in [-0.05, 0) is 31.2 Å². The van der Waals surface area contributed by atoms with Crippen LogP contribution >= 0.6 is 11.6 Å². The molecule has 0 fully saturated rings. The fraction of sp³-hybridized carbons (Fsp3) is 0.0714. The van der Waals surface area contributed by atoms with E-state index < -0.39 is 0 Å². The van der Waals surface area contributed by atoms with E-state index in [2.05, 4.69) is 18.1 Å². The van der Waals surface area contributed by atoms with Gasteiger partial charge < -0.3 is 0 Å². The van der Waals surface area contributed by atoms with E-state index >= 15 is 0 Å². The molecule has 2 aromatic rings. The smallest absolute Gasteiger partial charge is 0.111 e. The quantitative estimate of drug-likeness (QED) is 0.743. The zero-order valence-corrected chi connectivity index (χ0v) is 10.4.